The van der Waals surface area contributed by atoms with Gasteiger partial charge in [0.15, 0.2) is 0 Å². The van der Waals surface area contributed by atoms with Gasteiger partial charge in [0.05, 0.1) is 30.3 Å². The number of amides is 1. The number of sulfonamides is 1. The number of nitrogens with zero attached hydrogens (tertiary/aromatic N) is 1. The summed E-state index contributed by atoms with van der Waals surface area (Å²) < 4.78 is 43.9. The van der Waals surface area contributed by atoms with Crippen molar-refractivity contribution in [2.24, 2.45) is 0 Å². The van der Waals surface area contributed by atoms with Crippen molar-refractivity contribution >= 4 is 21.6 Å². The minimum absolute atomic E-state index is 0.0842. The van der Waals surface area contributed by atoms with E-state index >= 15 is 0 Å². The predicted molar refractivity (Wildman–Crippen MR) is 105 cm³/mol. The molecule has 0 aliphatic heterocycles. The molecule has 9 heteroatoms. The molecule has 0 aromatic heterocycles. The summed E-state index contributed by atoms with van der Waals surface area (Å²) in [5.41, 5.74) is 1.15. The van der Waals surface area contributed by atoms with Crippen molar-refractivity contribution in [2.45, 2.75) is 17.9 Å². The number of anilines is 1. The van der Waals surface area contributed by atoms with Gasteiger partial charge in [0, 0.05) is 14.1 Å². The molecule has 1 amide bonds. The maximum atomic E-state index is 13.0. The Morgan fingerprint density at radius 3 is 2.39 bits per heavy atom. The molecule has 2 aromatic carbocycles. The fourth-order valence-corrected chi connectivity index (χ4v) is 3.43. The molecule has 2 N–H and O–H groups in total. The third-order valence-corrected chi connectivity index (χ3v) is 5.95. The van der Waals surface area contributed by atoms with Gasteiger partial charge in [-0.1, -0.05) is 12.1 Å². The van der Waals surface area contributed by atoms with Gasteiger partial charge >= 0.3 is 0 Å². The lowest BCUT2D eigenvalue weighted by Crippen LogP contribution is -2.32. The molecule has 0 aliphatic carbocycles. The van der Waals surface area contributed by atoms with Gasteiger partial charge in [0.2, 0.25) is 15.9 Å². The predicted octanol–water partition coefficient (Wildman–Crippen LogP) is 2.37. The molecule has 7 nitrogen and oxygen atoms in total. The largest absolute Gasteiger partial charge is 0.495 e. The second kappa shape index (κ2) is 9.03. The van der Waals surface area contributed by atoms with Crippen LogP contribution in [0.15, 0.2) is 47.4 Å². The van der Waals surface area contributed by atoms with E-state index in [2.05, 4.69) is 10.6 Å². The molecule has 0 saturated carbocycles. The molecule has 0 radical (unpaired) electrons. The third kappa shape index (κ3) is 5.20. The third-order valence-electron chi connectivity index (χ3n) is 4.14. The molecule has 0 aliphatic rings. The highest BCUT2D eigenvalue weighted by Gasteiger charge is 2.19. The van der Waals surface area contributed by atoms with E-state index in [1.807, 2.05) is 0 Å². The molecule has 1 unspecified atom stereocenters. The van der Waals surface area contributed by atoms with Crippen LogP contribution in [0.4, 0.5) is 10.1 Å². The van der Waals surface area contributed by atoms with Crippen LogP contribution in [0, 0.1) is 5.82 Å². The number of rotatable bonds is 8. The normalized spacial score (nSPS) is 12.5. The minimum Gasteiger partial charge on any atom is -0.495 e. The standard InChI is InChI=1S/C19H24FN3O4S/c1-13(14-5-7-15(20)8-6-14)22-19(24)12-21-17-11-16(9-10-18(17)27-4)28(25,26)23(2)3/h5-11,13,21H,12H2,1-4H3,(H,22,24). The van der Waals surface area contributed by atoms with Gasteiger partial charge in [-0.05, 0) is 42.8 Å². The Morgan fingerprint density at radius 1 is 1.18 bits per heavy atom. The number of halogens is 1. The molecule has 1 atom stereocenters. The maximum absolute atomic E-state index is 13.0. The molecule has 2 rings (SSSR count). The highest BCUT2D eigenvalue weighted by molar-refractivity contribution is 7.89. The number of methoxy groups -OCH3 is 1. The lowest BCUT2D eigenvalue weighted by atomic mass is 10.1. The Labute approximate surface area is 164 Å². The van der Waals surface area contributed by atoms with Crippen molar-refractivity contribution in [3.63, 3.8) is 0 Å². The summed E-state index contributed by atoms with van der Waals surface area (Å²) in [6, 6.07) is 9.95. The van der Waals surface area contributed by atoms with Crippen molar-refractivity contribution in [3.05, 3.63) is 53.8 Å². The van der Waals surface area contributed by atoms with Gasteiger partial charge in [-0.25, -0.2) is 17.1 Å². The summed E-state index contributed by atoms with van der Waals surface area (Å²) >= 11 is 0. The van der Waals surface area contributed by atoms with E-state index in [9.17, 15) is 17.6 Å². The van der Waals surface area contributed by atoms with Crippen molar-refractivity contribution < 1.29 is 22.3 Å². The number of carbonyl (C=O) groups excluding carboxylic acids is 1. The topological polar surface area (TPSA) is 87.7 Å². The molecule has 2 aromatic rings. The van der Waals surface area contributed by atoms with E-state index in [1.165, 1.54) is 51.5 Å². The monoisotopic (exact) mass is 409 g/mol. The Bertz CT molecular complexity index is 931. The molecule has 0 fully saturated rings. The highest BCUT2D eigenvalue weighted by atomic mass is 32.2. The first-order chi connectivity index (χ1) is 13.1. The Hall–Kier alpha value is -2.65. The highest BCUT2D eigenvalue weighted by Crippen LogP contribution is 2.28. The van der Waals surface area contributed by atoms with Crippen LogP contribution in [0.5, 0.6) is 5.75 Å². The first-order valence-corrected chi connectivity index (χ1v) is 9.98. The molecule has 0 bridgehead atoms. The fourth-order valence-electron chi connectivity index (χ4n) is 2.50. The molecule has 0 spiro atoms. The van der Waals surface area contributed by atoms with Crippen LogP contribution < -0.4 is 15.4 Å². The van der Waals surface area contributed by atoms with Crippen LogP contribution in [0.2, 0.25) is 0 Å². The number of hydrogen-bond donors (Lipinski definition) is 2. The Balaban J connectivity index is 2.08. The number of hydrogen-bond acceptors (Lipinski definition) is 5. The van der Waals surface area contributed by atoms with Crippen molar-refractivity contribution in [3.8, 4) is 5.75 Å². The lowest BCUT2D eigenvalue weighted by Gasteiger charge is -2.17. The first-order valence-electron chi connectivity index (χ1n) is 8.54. The lowest BCUT2D eigenvalue weighted by molar-refractivity contribution is -0.120. The number of ether oxygens (including phenoxy) is 1. The van der Waals surface area contributed by atoms with Gasteiger partial charge in [0.1, 0.15) is 11.6 Å². The summed E-state index contributed by atoms with van der Waals surface area (Å²) in [6.45, 7) is 1.70. The van der Waals surface area contributed by atoms with Crippen LogP contribution in [0.3, 0.4) is 0 Å². The van der Waals surface area contributed by atoms with Crippen molar-refractivity contribution in [1.29, 1.82) is 0 Å². The van der Waals surface area contributed by atoms with Gasteiger partial charge in [-0.2, -0.15) is 0 Å². The van der Waals surface area contributed by atoms with Crippen LogP contribution >= 0.6 is 0 Å². The number of nitrogens with one attached hydrogen (secondary N) is 2. The molecule has 0 saturated heterocycles. The second-order valence-corrected chi connectivity index (χ2v) is 8.50. The van der Waals surface area contributed by atoms with E-state index in [0.29, 0.717) is 11.4 Å². The SMILES string of the molecule is COc1ccc(S(=O)(=O)N(C)C)cc1NCC(=O)NC(C)c1ccc(F)cc1. The average Bonchev–Trinajstić information content (AvgIpc) is 2.66. The zero-order valence-electron chi connectivity index (χ0n) is 16.2. The van der Waals surface area contributed by atoms with Crippen molar-refractivity contribution in [2.75, 3.05) is 33.1 Å². The van der Waals surface area contributed by atoms with E-state index in [1.54, 1.807) is 19.1 Å². The zero-order chi connectivity index (χ0) is 20.9. The summed E-state index contributed by atoms with van der Waals surface area (Å²) in [7, 11) is 0.724. The van der Waals surface area contributed by atoms with Crippen LogP contribution in [0.1, 0.15) is 18.5 Å². The number of carbonyl (C=O) groups is 1. The zero-order valence-corrected chi connectivity index (χ0v) is 17.0. The summed E-state index contributed by atoms with van der Waals surface area (Å²) in [6.07, 6.45) is 0. The Morgan fingerprint density at radius 2 is 1.82 bits per heavy atom. The number of benzene rings is 2. The van der Waals surface area contributed by atoms with E-state index in [4.69, 9.17) is 4.74 Å². The molecular formula is C19H24FN3O4S. The summed E-state index contributed by atoms with van der Waals surface area (Å²) in [5.74, 6) is -0.236. The molecule has 0 heterocycles. The smallest absolute Gasteiger partial charge is 0.242 e. The first kappa shape index (κ1) is 21.6. The van der Waals surface area contributed by atoms with Gasteiger partial charge in [0.25, 0.3) is 0 Å². The van der Waals surface area contributed by atoms with E-state index in [0.717, 1.165) is 9.87 Å². The van der Waals surface area contributed by atoms with Crippen molar-refractivity contribution in [1.82, 2.24) is 9.62 Å². The Kier molecular flexibility index (Phi) is 6.98. The average molecular weight is 409 g/mol. The molecular weight excluding hydrogens is 385 g/mol. The van der Waals surface area contributed by atoms with E-state index in [-0.39, 0.29) is 29.2 Å². The van der Waals surface area contributed by atoms with Gasteiger partial charge in [-0.3, -0.25) is 4.79 Å². The van der Waals surface area contributed by atoms with Crippen LogP contribution in [0.25, 0.3) is 0 Å². The van der Waals surface area contributed by atoms with Gasteiger partial charge < -0.3 is 15.4 Å². The molecule has 28 heavy (non-hydrogen) atoms. The summed E-state index contributed by atoms with van der Waals surface area (Å²) in [5, 5.41) is 5.70. The van der Waals surface area contributed by atoms with Gasteiger partial charge in [-0.15, -0.1) is 0 Å². The van der Waals surface area contributed by atoms with E-state index < -0.39 is 10.0 Å². The fraction of sp³-hybridized carbons (Fsp3) is 0.316. The minimum atomic E-state index is -3.61. The van der Waals surface area contributed by atoms with Crippen LogP contribution in [-0.2, 0) is 14.8 Å². The second-order valence-electron chi connectivity index (χ2n) is 6.34. The summed E-state index contributed by atoms with van der Waals surface area (Å²) in [4.78, 5) is 12.3. The maximum Gasteiger partial charge on any atom is 0.242 e. The quantitative estimate of drug-likeness (QED) is 0.699. The van der Waals surface area contributed by atoms with Crippen LogP contribution in [-0.4, -0.2) is 46.4 Å². The molecule has 152 valence electrons.